The molecule has 0 saturated carbocycles. The zero-order chi connectivity index (χ0) is 27.8. The quantitative estimate of drug-likeness (QED) is 0.117. The number of hydrogen-bond donors (Lipinski definition) is 0. The number of esters is 3. The van der Waals surface area contributed by atoms with Gasteiger partial charge in [0.1, 0.15) is 17.3 Å². The van der Waals surface area contributed by atoms with E-state index in [0.29, 0.717) is 18.6 Å². The standard InChI is InChI=1S/C31H41FO6/c1-4-6-8-9-10-11-13-15-29(33)37-25-18-16-24(17-19-25)30(34)38-26-20-21-27(28(32)22-26)31(35)36-23(3)14-12-7-5-2/h16-23H,4-15H2,1-3H3. The Kier molecular flexibility index (Phi) is 14.1. The van der Waals surface area contributed by atoms with E-state index in [2.05, 4.69) is 13.8 Å². The normalized spacial score (nSPS) is 11.6. The number of benzene rings is 2. The lowest BCUT2D eigenvalue weighted by Crippen LogP contribution is -2.16. The predicted octanol–water partition coefficient (Wildman–Crippen LogP) is 8.22. The van der Waals surface area contributed by atoms with Crippen molar-refractivity contribution in [1.82, 2.24) is 0 Å². The van der Waals surface area contributed by atoms with Crippen LogP contribution >= 0.6 is 0 Å². The van der Waals surface area contributed by atoms with Crippen molar-refractivity contribution in [2.75, 3.05) is 0 Å². The molecule has 1 atom stereocenters. The summed E-state index contributed by atoms with van der Waals surface area (Å²) in [6, 6.07) is 9.55. The third-order valence-electron chi connectivity index (χ3n) is 6.20. The fourth-order valence-corrected chi connectivity index (χ4v) is 3.95. The van der Waals surface area contributed by atoms with Crippen LogP contribution in [0.5, 0.6) is 11.5 Å². The maximum Gasteiger partial charge on any atom is 0.343 e. The van der Waals surface area contributed by atoms with E-state index in [1.807, 2.05) is 0 Å². The molecule has 38 heavy (non-hydrogen) atoms. The van der Waals surface area contributed by atoms with Crippen molar-refractivity contribution in [3.05, 3.63) is 59.4 Å². The summed E-state index contributed by atoms with van der Waals surface area (Å²) in [4.78, 5) is 36.8. The summed E-state index contributed by atoms with van der Waals surface area (Å²) in [7, 11) is 0. The number of unbranched alkanes of at least 4 members (excludes halogenated alkanes) is 8. The molecule has 0 radical (unpaired) electrons. The minimum absolute atomic E-state index is 0.0368. The monoisotopic (exact) mass is 528 g/mol. The topological polar surface area (TPSA) is 78.9 Å². The molecule has 0 aliphatic carbocycles. The van der Waals surface area contributed by atoms with Crippen molar-refractivity contribution in [2.24, 2.45) is 0 Å². The summed E-state index contributed by atoms with van der Waals surface area (Å²) in [5.41, 5.74) is -0.00326. The SMILES string of the molecule is CCCCCCCCCC(=O)Oc1ccc(C(=O)Oc2ccc(C(=O)OC(C)CCCCC)c(F)c2)cc1. The Morgan fingerprint density at radius 2 is 1.34 bits per heavy atom. The fourth-order valence-electron chi connectivity index (χ4n) is 3.95. The smallest absolute Gasteiger partial charge is 0.343 e. The van der Waals surface area contributed by atoms with Crippen LogP contribution in [-0.4, -0.2) is 24.0 Å². The van der Waals surface area contributed by atoms with Gasteiger partial charge in [0, 0.05) is 12.5 Å². The highest BCUT2D eigenvalue weighted by atomic mass is 19.1. The van der Waals surface area contributed by atoms with E-state index in [1.165, 1.54) is 62.1 Å². The first-order chi connectivity index (χ1) is 18.3. The summed E-state index contributed by atoms with van der Waals surface area (Å²) in [5.74, 6) is -2.29. The first-order valence-corrected chi connectivity index (χ1v) is 13.9. The molecule has 0 heterocycles. The molecule has 0 aliphatic heterocycles. The number of hydrogen-bond acceptors (Lipinski definition) is 6. The van der Waals surface area contributed by atoms with Gasteiger partial charge in [-0.3, -0.25) is 4.79 Å². The molecule has 0 amide bonds. The van der Waals surface area contributed by atoms with E-state index in [0.717, 1.165) is 44.6 Å². The van der Waals surface area contributed by atoms with Crippen LogP contribution in [0.15, 0.2) is 42.5 Å². The number of carbonyl (C=O) groups excluding carboxylic acids is 3. The van der Waals surface area contributed by atoms with Gasteiger partial charge >= 0.3 is 17.9 Å². The number of rotatable bonds is 17. The Morgan fingerprint density at radius 1 is 0.737 bits per heavy atom. The molecule has 0 bridgehead atoms. The molecular formula is C31H41FO6. The van der Waals surface area contributed by atoms with E-state index in [1.54, 1.807) is 6.92 Å². The van der Waals surface area contributed by atoms with Gasteiger partial charge in [0.25, 0.3) is 0 Å². The van der Waals surface area contributed by atoms with E-state index in [-0.39, 0.29) is 28.9 Å². The maximum atomic E-state index is 14.5. The van der Waals surface area contributed by atoms with Gasteiger partial charge in [0.05, 0.1) is 17.2 Å². The van der Waals surface area contributed by atoms with Gasteiger partial charge in [-0.1, -0.05) is 65.2 Å². The van der Waals surface area contributed by atoms with Crippen LogP contribution in [0.4, 0.5) is 4.39 Å². The Morgan fingerprint density at radius 3 is 2.00 bits per heavy atom. The van der Waals surface area contributed by atoms with Crippen molar-refractivity contribution < 1.29 is 33.0 Å². The highest BCUT2D eigenvalue weighted by Gasteiger charge is 2.18. The van der Waals surface area contributed by atoms with E-state index >= 15 is 0 Å². The average Bonchev–Trinajstić information content (AvgIpc) is 2.88. The summed E-state index contributed by atoms with van der Waals surface area (Å²) < 4.78 is 30.4. The van der Waals surface area contributed by atoms with Gasteiger partial charge in [-0.15, -0.1) is 0 Å². The van der Waals surface area contributed by atoms with Crippen LogP contribution in [0.1, 0.15) is 119 Å². The van der Waals surface area contributed by atoms with Gasteiger partial charge < -0.3 is 14.2 Å². The van der Waals surface area contributed by atoms with Crippen molar-refractivity contribution in [3.8, 4) is 11.5 Å². The van der Waals surface area contributed by atoms with Crippen molar-refractivity contribution >= 4 is 17.9 Å². The lowest BCUT2D eigenvalue weighted by atomic mass is 10.1. The van der Waals surface area contributed by atoms with Crippen molar-refractivity contribution in [1.29, 1.82) is 0 Å². The Bertz CT molecular complexity index is 1020. The van der Waals surface area contributed by atoms with Gasteiger partial charge in [0.2, 0.25) is 0 Å². The number of ether oxygens (including phenoxy) is 3. The molecule has 0 fully saturated rings. The van der Waals surface area contributed by atoms with Crippen LogP contribution in [0.3, 0.4) is 0 Å². The summed E-state index contributed by atoms with van der Waals surface area (Å²) in [6.07, 6.45) is 11.6. The van der Waals surface area contributed by atoms with E-state index in [4.69, 9.17) is 14.2 Å². The summed E-state index contributed by atoms with van der Waals surface area (Å²) in [5, 5.41) is 0. The second kappa shape index (κ2) is 17.3. The predicted molar refractivity (Wildman–Crippen MR) is 145 cm³/mol. The first kappa shape index (κ1) is 31.0. The van der Waals surface area contributed by atoms with Gasteiger partial charge in [-0.25, -0.2) is 14.0 Å². The van der Waals surface area contributed by atoms with Crippen LogP contribution in [-0.2, 0) is 9.53 Å². The molecule has 0 saturated heterocycles. The third kappa shape index (κ3) is 11.4. The molecule has 208 valence electrons. The van der Waals surface area contributed by atoms with Gasteiger partial charge in [-0.2, -0.15) is 0 Å². The second-order valence-corrected chi connectivity index (χ2v) is 9.61. The van der Waals surface area contributed by atoms with Crippen molar-refractivity contribution in [3.63, 3.8) is 0 Å². The molecular weight excluding hydrogens is 487 g/mol. The Labute approximate surface area is 225 Å². The van der Waals surface area contributed by atoms with E-state index < -0.39 is 17.8 Å². The summed E-state index contributed by atoms with van der Waals surface area (Å²) >= 11 is 0. The Hall–Kier alpha value is -3.22. The molecule has 6 nitrogen and oxygen atoms in total. The first-order valence-electron chi connectivity index (χ1n) is 13.9. The molecule has 1 unspecified atom stereocenters. The molecule has 7 heteroatoms. The highest BCUT2D eigenvalue weighted by molar-refractivity contribution is 5.92. The largest absolute Gasteiger partial charge is 0.459 e. The van der Waals surface area contributed by atoms with Gasteiger partial charge in [-0.05, 0) is 62.6 Å². The fraction of sp³-hybridized carbons (Fsp3) is 0.516. The molecule has 0 aromatic heterocycles. The Balaban J connectivity index is 1.81. The second-order valence-electron chi connectivity index (χ2n) is 9.61. The third-order valence-corrected chi connectivity index (χ3v) is 6.20. The van der Waals surface area contributed by atoms with Crippen LogP contribution in [0, 0.1) is 5.82 Å². The maximum absolute atomic E-state index is 14.5. The average molecular weight is 529 g/mol. The van der Waals surface area contributed by atoms with E-state index in [9.17, 15) is 18.8 Å². The minimum Gasteiger partial charge on any atom is -0.459 e. The highest BCUT2D eigenvalue weighted by Crippen LogP contribution is 2.21. The molecule has 2 rings (SSSR count). The molecule has 2 aromatic rings. The van der Waals surface area contributed by atoms with Crippen LogP contribution in [0.2, 0.25) is 0 Å². The minimum atomic E-state index is -0.829. The molecule has 0 aliphatic rings. The zero-order valence-corrected chi connectivity index (χ0v) is 22.9. The number of halogens is 1. The molecule has 0 spiro atoms. The lowest BCUT2D eigenvalue weighted by Gasteiger charge is -2.13. The molecule has 0 N–H and O–H groups in total. The summed E-state index contributed by atoms with van der Waals surface area (Å²) in [6.45, 7) is 6.05. The number of carbonyl (C=O) groups is 3. The van der Waals surface area contributed by atoms with Crippen LogP contribution in [0.25, 0.3) is 0 Å². The zero-order valence-electron chi connectivity index (χ0n) is 22.9. The van der Waals surface area contributed by atoms with Crippen molar-refractivity contribution in [2.45, 2.75) is 104 Å². The van der Waals surface area contributed by atoms with Crippen LogP contribution < -0.4 is 9.47 Å². The van der Waals surface area contributed by atoms with Gasteiger partial charge in [0.15, 0.2) is 0 Å². The lowest BCUT2D eigenvalue weighted by molar-refractivity contribution is -0.134. The molecule has 2 aromatic carbocycles.